The van der Waals surface area contributed by atoms with E-state index in [-0.39, 0.29) is 30.1 Å². The lowest BCUT2D eigenvalue weighted by Gasteiger charge is -2.36. The molecule has 2 aliphatic rings. The average molecular weight is 354 g/mol. The molecule has 0 radical (unpaired) electrons. The standard InChI is InChI=1S/C17H23N3O3.ClH/c18-15-5-1-3-13(11-15)16(21)20-6-2-4-14(12-20)17(22)19-7-9-23-10-8-19;/h1,3,5,11,14H,2,4,6-10,12,18H2;1H. The van der Waals surface area contributed by atoms with Gasteiger partial charge in [0.05, 0.1) is 19.1 Å². The molecule has 0 saturated carbocycles. The zero-order valence-electron chi connectivity index (χ0n) is 13.6. The Morgan fingerprint density at radius 3 is 2.58 bits per heavy atom. The lowest BCUT2D eigenvalue weighted by Crippen LogP contribution is -2.49. The molecule has 1 aromatic carbocycles. The Hall–Kier alpha value is -1.79. The summed E-state index contributed by atoms with van der Waals surface area (Å²) in [5.74, 6) is 0.00186. The van der Waals surface area contributed by atoms with E-state index >= 15 is 0 Å². The van der Waals surface area contributed by atoms with Gasteiger partial charge in [-0.05, 0) is 31.0 Å². The number of anilines is 1. The molecule has 2 heterocycles. The molecule has 3 rings (SSSR count). The van der Waals surface area contributed by atoms with Crippen LogP contribution in [-0.4, -0.2) is 61.0 Å². The van der Waals surface area contributed by atoms with Crippen LogP contribution in [0.1, 0.15) is 23.2 Å². The summed E-state index contributed by atoms with van der Waals surface area (Å²) in [5, 5.41) is 0. The van der Waals surface area contributed by atoms with Gasteiger partial charge in [-0.2, -0.15) is 0 Å². The molecular formula is C17H24ClN3O3. The van der Waals surface area contributed by atoms with Crippen LogP contribution < -0.4 is 5.73 Å². The maximum atomic E-state index is 12.6. The Morgan fingerprint density at radius 1 is 1.12 bits per heavy atom. The molecule has 1 unspecified atom stereocenters. The number of carbonyl (C=O) groups is 2. The van der Waals surface area contributed by atoms with Crippen molar-refractivity contribution in [3.05, 3.63) is 29.8 Å². The molecule has 2 fully saturated rings. The molecule has 0 spiro atoms. The van der Waals surface area contributed by atoms with Crippen molar-refractivity contribution in [1.82, 2.24) is 9.80 Å². The Kier molecular flexibility index (Phi) is 6.45. The first-order valence-corrected chi connectivity index (χ1v) is 8.16. The number of nitrogen functional groups attached to an aromatic ring is 1. The third kappa shape index (κ3) is 4.19. The summed E-state index contributed by atoms with van der Waals surface area (Å²) in [6.07, 6.45) is 1.70. The van der Waals surface area contributed by atoms with Crippen LogP contribution in [0.5, 0.6) is 0 Å². The van der Waals surface area contributed by atoms with E-state index in [4.69, 9.17) is 10.5 Å². The van der Waals surface area contributed by atoms with Gasteiger partial charge in [-0.1, -0.05) is 6.07 Å². The van der Waals surface area contributed by atoms with E-state index in [0.717, 1.165) is 12.8 Å². The minimum Gasteiger partial charge on any atom is -0.399 e. The van der Waals surface area contributed by atoms with Gasteiger partial charge >= 0.3 is 0 Å². The van der Waals surface area contributed by atoms with Gasteiger partial charge in [0, 0.05) is 37.4 Å². The van der Waals surface area contributed by atoms with Gasteiger partial charge in [-0.15, -0.1) is 12.4 Å². The van der Waals surface area contributed by atoms with Gasteiger partial charge in [-0.25, -0.2) is 0 Å². The van der Waals surface area contributed by atoms with Crippen LogP contribution in [0.25, 0.3) is 0 Å². The van der Waals surface area contributed by atoms with E-state index < -0.39 is 0 Å². The zero-order chi connectivity index (χ0) is 16.2. The van der Waals surface area contributed by atoms with E-state index in [1.807, 2.05) is 4.90 Å². The first-order chi connectivity index (χ1) is 11.1. The van der Waals surface area contributed by atoms with Crippen molar-refractivity contribution in [2.45, 2.75) is 12.8 Å². The fraction of sp³-hybridized carbons (Fsp3) is 0.529. The number of morpholine rings is 1. The number of piperidine rings is 1. The average Bonchev–Trinajstić information content (AvgIpc) is 2.61. The predicted octanol–water partition coefficient (Wildman–Crippen LogP) is 1.40. The third-order valence-corrected chi connectivity index (χ3v) is 4.51. The van der Waals surface area contributed by atoms with Crippen LogP contribution in [0.2, 0.25) is 0 Å². The van der Waals surface area contributed by atoms with E-state index in [1.165, 1.54) is 0 Å². The molecule has 0 aromatic heterocycles. The molecule has 2 aliphatic heterocycles. The lowest BCUT2D eigenvalue weighted by molar-refractivity contribution is -0.141. The monoisotopic (exact) mass is 353 g/mol. The number of nitrogens with zero attached hydrogens (tertiary/aromatic N) is 2. The molecule has 7 heteroatoms. The molecule has 2 amide bonds. The zero-order valence-corrected chi connectivity index (χ0v) is 14.5. The van der Waals surface area contributed by atoms with Gasteiger partial charge < -0.3 is 20.3 Å². The highest BCUT2D eigenvalue weighted by Gasteiger charge is 2.32. The van der Waals surface area contributed by atoms with Crippen molar-refractivity contribution in [3.8, 4) is 0 Å². The Morgan fingerprint density at radius 2 is 1.88 bits per heavy atom. The van der Waals surface area contributed by atoms with Crippen LogP contribution in [0, 0.1) is 5.92 Å². The minimum absolute atomic E-state index is 0. The molecule has 132 valence electrons. The van der Waals surface area contributed by atoms with Crippen molar-refractivity contribution in [3.63, 3.8) is 0 Å². The fourth-order valence-corrected chi connectivity index (χ4v) is 3.26. The topological polar surface area (TPSA) is 75.9 Å². The molecule has 1 aromatic rings. The highest BCUT2D eigenvalue weighted by atomic mass is 35.5. The number of halogens is 1. The Bertz CT molecular complexity index is 590. The number of carbonyl (C=O) groups excluding carboxylic acids is 2. The quantitative estimate of drug-likeness (QED) is 0.815. The van der Waals surface area contributed by atoms with Crippen LogP contribution in [-0.2, 0) is 9.53 Å². The number of benzene rings is 1. The Labute approximate surface area is 148 Å². The predicted molar refractivity (Wildman–Crippen MR) is 94.1 cm³/mol. The maximum Gasteiger partial charge on any atom is 0.253 e. The first-order valence-electron chi connectivity index (χ1n) is 8.16. The number of likely N-dealkylation sites (tertiary alicyclic amines) is 1. The summed E-state index contributed by atoms with van der Waals surface area (Å²) in [6, 6.07) is 7.00. The molecule has 0 bridgehead atoms. The van der Waals surface area contributed by atoms with Crippen LogP contribution in [0.4, 0.5) is 5.69 Å². The molecule has 2 saturated heterocycles. The highest BCUT2D eigenvalue weighted by Crippen LogP contribution is 2.21. The summed E-state index contributed by atoms with van der Waals surface area (Å²) >= 11 is 0. The normalized spacial score (nSPS) is 21.1. The van der Waals surface area contributed by atoms with Gasteiger partial charge in [0.2, 0.25) is 5.91 Å². The second-order valence-electron chi connectivity index (χ2n) is 6.15. The van der Waals surface area contributed by atoms with Gasteiger partial charge in [-0.3, -0.25) is 9.59 Å². The van der Waals surface area contributed by atoms with E-state index in [9.17, 15) is 9.59 Å². The number of hydrogen-bond donors (Lipinski definition) is 1. The van der Waals surface area contributed by atoms with Crippen molar-refractivity contribution >= 4 is 29.9 Å². The van der Waals surface area contributed by atoms with Crippen molar-refractivity contribution in [1.29, 1.82) is 0 Å². The lowest BCUT2D eigenvalue weighted by atomic mass is 9.95. The summed E-state index contributed by atoms with van der Waals surface area (Å²) in [7, 11) is 0. The van der Waals surface area contributed by atoms with Crippen LogP contribution >= 0.6 is 12.4 Å². The number of nitrogens with two attached hydrogens (primary N) is 1. The summed E-state index contributed by atoms with van der Waals surface area (Å²) in [5.41, 5.74) is 6.92. The SMILES string of the molecule is Cl.Nc1cccc(C(=O)N2CCCC(C(=O)N3CCOCC3)C2)c1. The smallest absolute Gasteiger partial charge is 0.253 e. The largest absolute Gasteiger partial charge is 0.399 e. The molecule has 0 aliphatic carbocycles. The van der Waals surface area contributed by atoms with E-state index in [2.05, 4.69) is 0 Å². The van der Waals surface area contributed by atoms with E-state index in [1.54, 1.807) is 29.2 Å². The fourth-order valence-electron chi connectivity index (χ4n) is 3.26. The molecule has 6 nitrogen and oxygen atoms in total. The van der Waals surface area contributed by atoms with Gasteiger partial charge in [0.25, 0.3) is 5.91 Å². The van der Waals surface area contributed by atoms with Crippen LogP contribution in [0.3, 0.4) is 0 Å². The molecule has 2 N–H and O–H groups in total. The van der Waals surface area contributed by atoms with Crippen molar-refractivity contribution < 1.29 is 14.3 Å². The molecular weight excluding hydrogens is 330 g/mol. The highest BCUT2D eigenvalue weighted by molar-refractivity contribution is 5.95. The number of hydrogen-bond acceptors (Lipinski definition) is 4. The van der Waals surface area contributed by atoms with E-state index in [0.29, 0.717) is 50.6 Å². The summed E-state index contributed by atoms with van der Waals surface area (Å²) < 4.78 is 5.30. The minimum atomic E-state index is -0.105. The molecule has 24 heavy (non-hydrogen) atoms. The van der Waals surface area contributed by atoms with Gasteiger partial charge in [0.15, 0.2) is 0 Å². The second-order valence-corrected chi connectivity index (χ2v) is 6.15. The first kappa shape index (κ1) is 18.5. The second kappa shape index (κ2) is 8.35. The number of ether oxygens (including phenoxy) is 1. The summed E-state index contributed by atoms with van der Waals surface area (Å²) in [6.45, 7) is 3.69. The van der Waals surface area contributed by atoms with Gasteiger partial charge in [0.1, 0.15) is 0 Å². The Balaban J connectivity index is 0.00000208. The van der Waals surface area contributed by atoms with Crippen molar-refractivity contribution in [2.75, 3.05) is 45.1 Å². The number of rotatable bonds is 2. The maximum absolute atomic E-state index is 12.6. The summed E-state index contributed by atoms with van der Waals surface area (Å²) in [4.78, 5) is 28.9. The number of amides is 2. The molecule has 1 atom stereocenters. The third-order valence-electron chi connectivity index (χ3n) is 4.51. The van der Waals surface area contributed by atoms with Crippen LogP contribution in [0.15, 0.2) is 24.3 Å². The van der Waals surface area contributed by atoms with Crippen molar-refractivity contribution in [2.24, 2.45) is 5.92 Å².